The van der Waals surface area contributed by atoms with Crippen LogP contribution in [0, 0.1) is 0 Å². The zero-order valence-electron chi connectivity index (χ0n) is 10.1. The standard InChI is InChI=1S/C14H10O6/c15-11(16)7-1-3-8(4-2-7)13-5-6-14(12(17)18)10(20-14)9(13)19-13/h1-6,9-10H,(H,15,16)(H,17,18). The fraction of sp³-hybridized carbons (Fsp3) is 0.286. The molecule has 2 N–H and O–H groups in total. The molecule has 2 saturated heterocycles. The van der Waals surface area contributed by atoms with Crippen LogP contribution >= 0.6 is 0 Å². The normalized spacial score (nSPS) is 39.6. The number of fused-ring (bicyclic) bond motifs is 3. The third-order valence-corrected chi connectivity index (χ3v) is 4.15. The molecule has 2 aliphatic heterocycles. The Morgan fingerprint density at radius 2 is 1.70 bits per heavy atom. The maximum atomic E-state index is 11.1. The molecule has 3 aliphatic rings. The summed E-state index contributed by atoms with van der Waals surface area (Å²) < 4.78 is 10.9. The molecular formula is C14H10O6. The van der Waals surface area contributed by atoms with Crippen molar-refractivity contribution in [3.63, 3.8) is 0 Å². The Morgan fingerprint density at radius 1 is 1.00 bits per heavy atom. The van der Waals surface area contributed by atoms with Crippen LogP contribution < -0.4 is 0 Å². The number of carboxylic acid groups (broad SMARTS) is 2. The van der Waals surface area contributed by atoms with E-state index in [-0.39, 0.29) is 11.7 Å². The van der Waals surface area contributed by atoms with E-state index in [1.807, 2.05) is 0 Å². The first-order valence-corrected chi connectivity index (χ1v) is 6.13. The molecule has 2 heterocycles. The lowest BCUT2D eigenvalue weighted by atomic mass is 9.84. The third-order valence-electron chi connectivity index (χ3n) is 4.15. The lowest BCUT2D eigenvalue weighted by Crippen LogP contribution is -2.32. The summed E-state index contributed by atoms with van der Waals surface area (Å²) in [5.74, 6) is -2.00. The highest BCUT2D eigenvalue weighted by Crippen LogP contribution is 2.61. The Kier molecular flexibility index (Phi) is 1.91. The zero-order valence-corrected chi connectivity index (χ0v) is 10.1. The van der Waals surface area contributed by atoms with Crippen LogP contribution in [0.1, 0.15) is 15.9 Å². The number of epoxide rings is 2. The monoisotopic (exact) mass is 274 g/mol. The Hall–Kier alpha value is -2.18. The average Bonchev–Trinajstić information content (AvgIpc) is 3.30. The summed E-state index contributed by atoms with van der Waals surface area (Å²) in [6.07, 6.45) is 2.43. The van der Waals surface area contributed by atoms with E-state index in [9.17, 15) is 9.59 Å². The van der Waals surface area contributed by atoms with E-state index in [2.05, 4.69) is 0 Å². The van der Waals surface area contributed by atoms with Gasteiger partial charge in [0.15, 0.2) is 0 Å². The van der Waals surface area contributed by atoms with E-state index < -0.39 is 29.2 Å². The molecule has 6 heteroatoms. The van der Waals surface area contributed by atoms with Gasteiger partial charge in [-0.1, -0.05) is 12.1 Å². The zero-order chi connectivity index (χ0) is 14.1. The van der Waals surface area contributed by atoms with Gasteiger partial charge in [-0.25, -0.2) is 9.59 Å². The Labute approximate surface area is 113 Å². The minimum absolute atomic E-state index is 0.199. The number of aliphatic carboxylic acids is 1. The molecular weight excluding hydrogens is 264 g/mol. The maximum absolute atomic E-state index is 11.1. The van der Waals surface area contributed by atoms with Crippen molar-refractivity contribution in [3.05, 3.63) is 47.5 Å². The van der Waals surface area contributed by atoms with E-state index >= 15 is 0 Å². The number of benzene rings is 1. The second-order valence-electron chi connectivity index (χ2n) is 5.18. The van der Waals surface area contributed by atoms with E-state index in [1.165, 1.54) is 18.2 Å². The molecule has 4 unspecified atom stereocenters. The van der Waals surface area contributed by atoms with Crippen molar-refractivity contribution in [1.82, 2.24) is 0 Å². The third kappa shape index (κ3) is 1.25. The van der Waals surface area contributed by atoms with Crippen molar-refractivity contribution in [3.8, 4) is 0 Å². The molecule has 20 heavy (non-hydrogen) atoms. The summed E-state index contributed by atoms with van der Waals surface area (Å²) >= 11 is 0. The van der Waals surface area contributed by atoms with Gasteiger partial charge in [0.05, 0.1) is 5.56 Å². The predicted molar refractivity (Wildman–Crippen MR) is 64.3 cm³/mol. The summed E-state index contributed by atoms with van der Waals surface area (Å²) in [6, 6.07) is 6.38. The number of rotatable bonds is 3. The van der Waals surface area contributed by atoms with Crippen LogP contribution in [-0.2, 0) is 19.9 Å². The number of aromatic carboxylic acids is 1. The molecule has 0 spiro atoms. The summed E-state index contributed by atoms with van der Waals surface area (Å²) in [5.41, 5.74) is -0.897. The molecule has 0 radical (unpaired) electrons. The lowest BCUT2D eigenvalue weighted by Gasteiger charge is -2.13. The van der Waals surface area contributed by atoms with Crippen LogP contribution in [0.4, 0.5) is 0 Å². The highest BCUT2D eigenvalue weighted by atomic mass is 16.7. The van der Waals surface area contributed by atoms with Crippen molar-refractivity contribution in [1.29, 1.82) is 0 Å². The van der Waals surface area contributed by atoms with Gasteiger partial charge in [0.25, 0.3) is 0 Å². The molecule has 0 aromatic heterocycles. The molecule has 0 amide bonds. The molecule has 0 saturated carbocycles. The highest BCUT2D eigenvalue weighted by molar-refractivity contribution is 5.88. The van der Waals surface area contributed by atoms with Crippen molar-refractivity contribution >= 4 is 11.9 Å². The van der Waals surface area contributed by atoms with Crippen LogP contribution in [0.3, 0.4) is 0 Å². The smallest absolute Gasteiger partial charge is 0.342 e. The highest BCUT2D eigenvalue weighted by Gasteiger charge is 2.78. The van der Waals surface area contributed by atoms with Gasteiger partial charge in [-0.05, 0) is 29.8 Å². The minimum atomic E-state index is -1.23. The van der Waals surface area contributed by atoms with Gasteiger partial charge in [0, 0.05) is 0 Å². The maximum Gasteiger partial charge on any atom is 0.342 e. The van der Waals surface area contributed by atoms with Crippen LogP contribution in [0.25, 0.3) is 0 Å². The molecule has 4 atom stereocenters. The number of carboxylic acids is 2. The van der Waals surface area contributed by atoms with E-state index in [0.717, 1.165) is 5.56 Å². The molecule has 0 bridgehead atoms. The predicted octanol–water partition coefficient (Wildman–Crippen LogP) is 0.771. The Bertz CT molecular complexity index is 663. The topological polar surface area (TPSA) is 99.7 Å². The van der Waals surface area contributed by atoms with Gasteiger partial charge in [-0.15, -0.1) is 0 Å². The molecule has 1 aliphatic carbocycles. The summed E-state index contributed by atoms with van der Waals surface area (Å²) in [5, 5.41) is 18.0. The van der Waals surface area contributed by atoms with E-state index in [1.54, 1.807) is 18.2 Å². The minimum Gasteiger partial charge on any atom is -0.479 e. The first-order valence-electron chi connectivity index (χ1n) is 6.13. The van der Waals surface area contributed by atoms with Gasteiger partial charge >= 0.3 is 11.9 Å². The summed E-state index contributed by atoms with van der Waals surface area (Å²) in [6.45, 7) is 0. The SMILES string of the molecule is O=C(O)c1ccc(C23C=CC4(C(=O)O)OC4C2O3)cc1. The van der Waals surface area contributed by atoms with Gasteiger partial charge in [-0.2, -0.15) is 0 Å². The van der Waals surface area contributed by atoms with Gasteiger partial charge < -0.3 is 19.7 Å². The lowest BCUT2D eigenvalue weighted by molar-refractivity contribution is -0.141. The second kappa shape index (κ2) is 3.28. The fourth-order valence-corrected chi connectivity index (χ4v) is 2.89. The number of ether oxygens (including phenoxy) is 2. The quantitative estimate of drug-likeness (QED) is 0.624. The molecule has 4 rings (SSSR count). The number of hydrogen-bond acceptors (Lipinski definition) is 4. The molecule has 1 aromatic rings. The van der Waals surface area contributed by atoms with Crippen molar-refractivity contribution in [2.24, 2.45) is 0 Å². The van der Waals surface area contributed by atoms with Crippen LogP contribution in [0.2, 0.25) is 0 Å². The summed E-state index contributed by atoms with van der Waals surface area (Å²) in [7, 11) is 0. The van der Waals surface area contributed by atoms with Gasteiger partial charge in [-0.3, -0.25) is 0 Å². The van der Waals surface area contributed by atoms with Gasteiger partial charge in [0.2, 0.25) is 5.60 Å². The molecule has 6 nitrogen and oxygen atoms in total. The fourth-order valence-electron chi connectivity index (χ4n) is 2.89. The van der Waals surface area contributed by atoms with Crippen molar-refractivity contribution < 1.29 is 29.3 Å². The summed E-state index contributed by atoms with van der Waals surface area (Å²) in [4.78, 5) is 22.0. The van der Waals surface area contributed by atoms with Crippen LogP contribution in [0.15, 0.2) is 36.4 Å². The van der Waals surface area contributed by atoms with Gasteiger partial charge in [0.1, 0.15) is 17.8 Å². The average molecular weight is 274 g/mol. The molecule has 2 fully saturated rings. The first-order chi connectivity index (χ1) is 9.49. The second-order valence-corrected chi connectivity index (χ2v) is 5.18. The molecule has 1 aromatic carbocycles. The number of carbonyl (C=O) groups is 2. The van der Waals surface area contributed by atoms with Crippen molar-refractivity contribution in [2.75, 3.05) is 0 Å². The van der Waals surface area contributed by atoms with E-state index in [4.69, 9.17) is 19.7 Å². The van der Waals surface area contributed by atoms with E-state index in [0.29, 0.717) is 0 Å². The largest absolute Gasteiger partial charge is 0.479 e. The Morgan fingerprint density at radius 3 is 2.30 bits per heavy atom. The van der Waals surface area contributed by atoms with Crippen LogP contribution in [-0.4, -0.2) is 40.0 Å². The number of hydrogen-bond donors (Lipinski definition) is 2. The first kappa shape index (κ1) is 11.6. The Balaban J connectivity index is 1.67. The molecule has 102 valence electrons. The van der Waals surface area contributed by atoms with Crippen LogP contribution in [0.5, 0.6) is 0 Å². The van der Waals surface area contributed by atoms with Crippen molar-refractivity contribution in [2.45, 2.75) is 23.4 Å².